The number of nitrogens with zero attached hydrogens (tertiary/aromatic N) is 2. The van der Waals surface area contributed by atoms with E-state index in [2.05, 4.69) is 10.6 Å². The summed E-state index contributed by atoms with van der Waals surface area (Å²) in [5, 5.41) is 14.0. The van der Waals surface area contributed by atoms with Crippen molar-refractivity contribution in [3.05, 3.63) is 64.7 Å². The molecule has 1 saturated heterocycles. The first-order valence-corrected chi connectivity index (χ1v) is 9.05. The Balaban J connectivity index is 1.51. The molecule has 4 amide bonds. The van der Waals surface area contributed by atoms with Crippen molar-refractivity contribution in [2.75, 3.05) is 5.32 Å². The predicted octanol–water partition coefficient (Wildman–Crippen LogP) is 1.57. The van der Waals surface area contributed by atoms with Gasteiger partial charge in [0, 0.05) is 29.8 Å². The van der Waals surface area contributed by atoms with Crippen molar-refractivity contribution in [2.24, 2.45) is 0 Å². The Kier molecular flexibility index (Phi) is 4.56. The maximum Gasteiger partial charge on any atom is 0.255 e. The van der Waals surface area contributed by atoms with Gasteiger partial charge in [-0.05, 0) is 48.4 Å². The van der Waals surface area contributed by atoms with E-state index in [1.165, 1.54) is 11.0 Å². The molecule has 2 aromatic carbocycles. The van der Waals surface area contributed by atoms with Crippen LogP contribution in [-0.2, 0) is 16.1 Å². The molecule has 0 radical (unpaired) electrons. The molecule has 8 heteroatoms. The van der Waals surface area contributed by atoms with Crippen LogP contribution in [0.4, 0.5) is 5.69 Å². The van der Waals surface area contributed by atoms with E-state index in [0.717, 1.165) is 0 Å². The number of rotatable bonds is 3. The van der Waals surface area contributed by atoms with Crippen molar-refractivity contribution in [1.82, 2.24) is 10.2 Å². The number of anilines is 1. The van der Waals surface area contributed by atoms with Gasteiger partial charge < -0.3 is 10.2 Å². The monoisotopic (exact) mass is 388 g/mol. The summed E-state index contributed by atoms with van der Waals surface area (Å²) in [5.74, 6) is -1.43. The fourth-order valence-electron chi connectivity index (χ4n) is 3.59. The number of amides is 4. The quantitative estimate of drug-likeness (QED) is 0.774. The topological polar surface area (TPSA) is 119 Å². The highest BCUT2D eigenvalue weighted by Crippen LogP contribution is 2.29. The summed E-state index contributed by atoms with van der Waals surface area (Å²) in [4.78, 5) is 50.0. The molecule has 8 nitrogen and oxygen atoms in total. The van der Waals surface area contributed by atoms with E-state index in [-0.39, 0.29) is 30.7 Å². The van der Waals surface area contributed by atoms with Gasteiger partial charge in [-0.3, -0.25) is 24.5 Å². The summed E-state index contributed by atoms with van der Waals surface area (Å²) in [6.45, 7) is 0.230. The summed E-state index contributed by atoms with van der Waals surface area (Å²) < 4.78 is 0. The molecule has 0 bridgehead atoms. The first kappa shape index (κ1) is 18.4. The highest BCUT2D eigenvalue weighted by molar-refractivity contribution is 6.07. The molecule has 1 atom stereocenters. The second kappa shape index (κ2) is 7.20. The summed E-state index contributed by atoms with van der Waals surface area (Å²) >= 11 is 0. The number of carbonyl (C=O) groups is 4. The molecular weight excluding hydrogens is 372 g/mol. The van der Waals surface area contributed by atoms with Crippen molar-refractivity contribution in [3.8, 4) is 6.07 Å². The lowest BCUT2D eigenvalue weighted by Gasteiger charge is -2.29. The Morgan fingerprint density at radius 2 is 2.00 bits per heavy atom. The molecule has 0 aliphatic carbocycles. The summed E-state index contributed by atoms with van der Waals surface area (Å²) in [6, 6.07) is 12.6. The second-order valence-corrected chi connectivity index (χ2v) is 6.92. The molecule has 2 aromatic rings. The average molecular weight is 388 g/mol. The lowest BCUT2D eigenvalue weighted by atomic mass is 10.0. The standard InChI is InChI=1S/C21H16N4O4/c22-10-12-2-1-3-13(8-12)19(27)23-15-4-5-16-14(9-15)11-25(21(16)29)17-6-7-18(26)24-20(17)28/h1-5,8-9,17H,6-7,11H2,(H,23,27)(H,24,26,28). The van der Waals surface area contributed by atoms with E-state index in [9.17, 15) is 19.2 Å². The number of imide groups is 1. The van der Waals surface area contributed by atoms with Gasteiger partial charge in [0.05, 0.1) is 11.6 Å². The van der Waals surface area contributed by atoms with Crippen molar-refractivity contribution < 1.29 is 19.2 Å². The zero-order chi connectivity index (χ0) is 20.5. The molecule has 2 N–H and O–H groups in total. The molecular formula is C21H16N4O4. The first-order valence-electron chi connectivity index (χ1n) is 9.05. The second-order valence-electron chi connectivity index (χ2n) is 6.92. The molecule has 2 aliphatic heterocycles. The molecule has 0 spiro atoms. The number of hydrogen-bond acceptors (Lipinski definition) is 5. The fourth-order valence-corrected chi connectivity index (χ4v) is 3.59. The highest BCUT2D eigenvalue weighted by atomic mass is 16.2. The summed E-state index contributed by atoms with van der Waals surface area (Å²) in [7, 11) is 0. The number of carbonyl (C=O) groups excluding carboxylic acids is 4. The molecule has 0 aromatic heterocycles. The molecule has 1 unspecified atom stereocenters. The van der Waals surface area contributed by atoms with Crippen LogP contribution in [0.25, 0.3) is 0 Å². The van der Waals surface area contributed by atoms with Crippen LogP contribution < -0.4 is 10.6 Å². The molecule has 2 heterocycles. The third-order valence-electron chi connectivity index (χ3n) is 5.04. The third-order valence-corrected chi connectivity index (χ3v) is 5.04. The zero-order valence-corrected chi connectivity index (χ0v) is 15.3. The van der Waals surface area contributed by atoms with Gasteiger partial charge in [-0.25, -0.2) is 0 Å². The van der Waals surface area contributed by atoms with Crippen LogP contribution in [0, 0.1) is 11.3 Å². The van der Waals surface area contributed by atoms with Crippen molar-refractivity contribution in [2.45, 2.75) is 25.4 Å². The molecule has 0 saturated carbocycles. The Morgan fingerprint density at radius 1 is 1.17 bits per heavy atom. The number of nitriles is 1. The maximum atomic E-state index is 12.7. The van der Waals surface area contributed by atoms with Crippen LogP contribution in [0.15, 0.2) is 42.5 Å². The van der Waals surface area contributed by atoms with E-state index < -0.39 is 11.9 Å². The normalized spacial score (nSPS) is 18.1. The minimum atomic E-state index is -0.681. The lowest BCUT2D eigenvalue weighted by Crippen LogP contribution is -2.52. The van der Waals surface area contributed by atoms with Gasteiger partial charge >= 0.3 is 0 Å². The van der Waals surface area contributed by atoms with Gasteiger partial charge in [-0.15, -0.1) is 0 Å². The number of fused-ring (bicyclic) bond motifs is 1. The molecule has 144 valence electrons. The van der Waals surface area contributed by atoms with Crippen LogP contribution >= 0.6 is 0 Å². The van der Waals surface area contributed by atoms with E-state index in [4.69, 9.17) is 5.26 Å². The summed E-state index contributed by atoms with van der Waals surface area (Å²) in [6.07, 6.45) is 0.489. The molecule has 4 rings (SSSR count). The Bertz CT molecular complexity index is 1100. The van der Waals surface area contributed by atoms with Crippen LogP contribution in [-0.4, -0.2) is 34.6 Å². The minimum absolute atomic E-state index is 0.194. The van der Waals surface area contributed by atoms with Gasteiger partial charge in [0.15, 0.2) is 0 Å². The fraction of sp³-hybridized carbons (Fsp3) is 0.190. The van der Waals surface area contributed by atoms with E-state index in [0.29, 0.717) is 34.4 Å². The summed E-state index contributed by atoms with van der Waals surface area (Å²) in [5.41, 5.74) is 2.42. The van der Waals surface area contributed by atoms with Gasteiger partial charge in [0.25, 0.3) is 11.8 Å². The maximum absolute atomic E-state index is 12.7. The number of hydrogen-bond donors (Lipinski definition) is 2. The Morgan fingerprint density at radius 3 is 2.76 bits per heavy atom. The third kappa shape index (κ3) is 3.46. The highest BCUT2D eigenvalue weighted by Gasteiger charge is 2.39. The van der Waals surface area contributed by atoms with E-state index in [1.54, 1.807) is 36.4 Å². The van der Waals surface area contributed by atoms with Crippen molar-refractivity contribution >= 4 is 29.3 Å². The van der Waals surface area contributed by atoms with Gasteiger partial charge in [0.1, 0.15) is 6.04 Å². The van der Waals surface area contributed by atoms with E-state index >= 15 is 0 Å². The Hall–Kier alpha value is -3.99. The van der Waals surface area contributed by atoms with Crippen molar-refractivity contribution in [3.63, 3.8) is 0 Å². The number of piperidine rings is 1. The minimum Gasteiger partial charge on any atom is -0.322 e. The largest absolute Gasteiger partial charge is 0.322 e. The number of nitrogens with one attached hydrogen (secondary N) is 2. The van der Waals surface area contributed by atoms with Crippen molar-refractivity contribution in [1.29, 1.82) is 5.26 Å². The SMILES string of the molecule is N#Cc1cccc(C(=O)Nc2ccc3c(c2)CN(C2CCC(=O)NC2=O)C3=O)c1. The van der Waals surface area contributed by atoms with E-state index in [1.807, 2.05) is 6.07 Å². The Labute approximate surface area is 166 Å². The van der Waals surface area contributed by atoms with Gasteiger partial charge in [-0.2, -0.15) is 5.26 Å². The predicted molar refractivity (Wildman–Crippen MR) is 102 cm³/mol. The smallest absolute Gasteiger partial charge is 0.255 e. The zero-order valence-electron chi connectivity index (χ0n) is 15.3. The molecule has 1 fully saturated rings. The lowest BCUT2D eigenvalue weighted by molar-refractivity contribution is -0.136. The van der Waals surface area contributed by atoms with Crippen LogP contribution in [0.3, 0.4) is 0 Å². The molecule has 2 aliphatic rings. The number of benzene rings is 2. The first-order chi connectivity index (χ1) is 14.0. The van der Waals surface area contributed by atoms with Crippen LogP contribution in [0.1, 0.15) is 44.7 Å². The van der Waals surface area contributed by atoms with Gasteiger partial charge in [0.2, 0.25) is 11.8 Å². The van der Waals surface area contributed by atoms with Crippen LogP contribution in [0.2, 0.25) is 0 Å². The average Bonchev–Trinajstić information content (AvgIpc) is 3.03. The van der Waals surface area contributed by atoms with Crippen LogP contribution in [0.5, 0.6) is 0 Å². The van der Waals surface area contributed by atoms with Gasteiger partial charge in [-0.1, -0.05) is 6.07 Å². The molecule has 29 heavy (non-hydrogen) atoms.